The molecule has 3 rings (SSSR count). The molecule has 1 heterocycles. The molecule has 1 atom stereocenters. The molecule has 2 aromatic carbocycles. The van der Waals surface area contributed by atoms with E-state index in [0.717, 1.165) is 36.1 Å². The summed E-state index contributed by atoms with van der Waals surface area (Å²) in [6, 6.07) is 11.9. The van der Waals surface area contributed by atoms with Gasteiger partial charge in [-0.1, -0.05) is 18.6 Å². The van der Waals surface area contributed by atoms with Crippen molar-refractivity contribution in [2.45, 2.75) is 51.0 Å². The molecule has 0 radical (unpaired) electrons. The van der Waals surface area contributed by atoms with E-state index in [9.17, 15) is 13.2 Å². The maximum atomic E-state index is 12.7. The van der Waals surface area contributed by atoms with Gasteiger partial charge in [-0.05, 0) is 75.1 Å². The second-order valence-electron chi connectivity index (χ2n) is 7.59. The minimum atomic E-state index is -3.46. The first kappa shape index (κ1) is 21.3. The van der Waals surface area contributed by atoms with Crippen molar-refractivity contribution in [2.24, 2.45) is 0 Å². The van der Waals surface area contributed by atoms with Gasteiger partial charge in [-0.2, -0.15) is 4.31 Å². The number of benzene rings is 2. The topological polar surface area (TPSA) is 78.5 Å². The number of anilines is 2. The number of rotatable bonds is 6. The van der Waals surface area contributed by atoms with Gasteiger partial charge in [-0.3, -0.25) is 4.79 Å². The molecule has 1 unspecified atom stereocenters. The Hall–Kier alpha value is -2.38. The van der Waals surface area contributed by atoms with Gasteiger partial charge < -0.3 is 10.6 Å². The van der Waals surface area contributed by atoms with E-state index in [1.807, 2.05) is 32.0 Å². The summed E-state index contributed by atoms with van der Waals surface area (Å²) in [5.41, 5.74) is 3.77. The summed E-state index contributed by atoms with van der Waals surface area (Å²) in [5.74, 6) is -0.183. The molecule has 1 amide bonds. The molecule has 1 fully saturated rings. The van der Waals surface area contributed by atoms with Gasteiger partial charge in [-0.25, -0.2) is 8.42 Å². The number of hydrogen-bond donors (Lipinski definition) is 2. The smallest absolute Gasteiger partial charge is 0.246 e. The molecule has 29 heavy (non-hydrogen) atoms. The highest BCUT2D eigenvalue weighted by Crippen LogP contribution is 2.23. The summed E-state index contributed by atoms with van der Waals surface area (Å²) >= 11 is 0. The Morgan fingerprint density at radius 2 is 1.66 bits per heavy atom. The van der Waals surface area contributed by atoms with E-state index in [1.54, 1.807) is 35.5 Å². The van der Waals surface area contributed by atoms with E-state index in [-0.39, 0.29) is 10.8 Å². The summed E-state index contributed by atoms with van der Waals surface area (Å²) in [7, 11) is -3.46. The van der Waals surface area contributed by atoms with Crippen molar-refractivity contribution < 1.29 is 13.2 Å². The van der Waals surface area contributed by atoms with Gasteiger partial charge in [0.2, 0.25) is 15.9 Å². The van der Waals surface area contributed by atoms with Gasteiger partial charge in [0.05, 0.1) is 4.90 Å². The number of hydrogen-bond acceptors (Lipinski definition) is 4. The van der Waals surface area contributed by atoms with E-state index in [1.165, 1.54) is 0 Å². The maximum Gasteiger partial charge on any atom is 0.246 e. The van der Waals surface area contributed by atoms with Crippen LogP contribution >= 0.6 is 0 Å². The third-order valence-electron chi connectivity index (χ3n) is 5.44. The number of piperidine rings is 1. The first-order valence-corrected chi connectivity index (χ1v) is 11.5. The largest absolute Gasteiger partial charge is 0.374 e. The summed E-state index contributed by atoms with van der Waals surface area (Å²) < 4.78 is 27.0. The van der Waals surface area contributed by atoms with Crippen molar-refractivity contribution in [2.75, 3.05) is 23.7 Å². The Labute approximate surface area is 173 Å². The molecule has 1 aliphatic rings. The molecule has 7 heteroatoms. The molecule has 156 valence electrons. The van der Waals surface area contributed by atoms with Crippen LogP contribution in [0.4, 0.5) is 11.4 Å². The summed E-state index contributed by atoms with van der Waals surface area (Å²) in [4.78, 5) is 12.8. The number of nitrogens with one attached hydrogen (secondary N) is 2. The van der Waals surface area contributed by atoms with Gasteiger partial charge in [0.15, 0.2) is 0 Å². The standard InChI is InChI=1S/C22H29N3O3S/c1-16-8-7-9-21(17(16)2)23-18(3)22(26)24-19-10-12-20(13-11-19)29(27,28)25-14-5-4-6-15-25/h7-13,18,23H,4-6,14-15H2,1-3H3,(H,24,26). The molecule has 2 aromatic rings. The molecular weight excluding hydrogens is 386 g/mol. The van der Waals surface area contributed by atoms with E-state index in [2.05, 4.69) is 10.6 Å². The summed E-state index contributed by atoms with van der Waals surface area (Å²) in [6.07, 6.45) is 2.88. The van der Waals surface area contributed by atoms with Crippen LogP contribution in [0, 0.1) is 13.8 Å². The van der Waals surface area contributed by atoms with Crippen molar-refractivity contribution in [3.8, 4) is 0 Å². The average Bonchev–Trinajstić information content (AvgIpc) is 2.72. The number of sulfonamides is 1. The van der Waals surface area contributed by atoms with Gasteiger partial charge >= 0.3 is 0 Å². The minimum absolute atomic E-state index is 0.183. The lowest BCUT2D eigenvalue weighted by Crippen LogP contribution is -2.35. The minimum Gasteiger partial charge on any atom is -0.374 e. The normalized spacial score (nSPS) is 16.2. The van der Waals surface area contributed by atoms with Crippen LogP contribution in [0.2, 0.25) is 0 Å². The SMILES string of the molecule is Cc1cccc(NC(C)C(=O)Nc2ccc(S(=O)(=O)N3CCCCC3)cc2)c1C. The Morgan fingerprint density at radius 3 is 2.31 bits per heavy atom. The predicted octanol–water partition coefficient (Wildman–Crippen LogP) is 3.92. The van der Waals surface area contributed by atoms with Crippen LogP contribution in [0.3, 0.4) is 0 Å². The second kappa shape index (κ2) is 8.97. The fraction of sp³-hybridized carbons (Fsp3) is 0.409. The van der Waals surface area contributed by atoms with Gasteiger partial charge in [0.25, 0.3) is 0 Å². The molecule has 6 nitrogen and oxygen atoms in total. The number of amides is 1. The van der Waals surface area contributed by atoms with Crippen LogP contribution in [0.15, 0.2) is 47.4 Å². The summed E-state index contributed by atoms with van der Waals surface area (Å²) in [5, 5.41) is 6.08. The summed E-state index contributed by atoms with van der Waals surface area (Å²) in [6.45, 7) is 6.99. The highest BCUT2D eigenvalue weighted by atomic mass is 32.2. The van der Waals surface area contributed by atoms with Crippen molar-refractivity contribution in [1.29, 1.82) is 0 Å². The Balaban J connectivity index is 1.64. The van der Waals surface area contributed by atoms with Crippen LogP contribution in [-0.2, 0) is 14.8 Å². The lowest BCUT2D eigenvalue weighted by Gasteiger charge is -2.25. The Morgan fingerprint density at radius 1 is 1.00 bits per heavy atom. The third-order valence-corrected chi connectivity index (χ3v) is 7.36. The maximum absolute atomic E-state index is 12.7. The van der Waals surface area contributed by atoms with Crippen LogP contribution in [0.5, 0.6) is 0 Å². The van der Waals surface area contributed by atoms with E-state index >= 15 is 0 Å². The lowest BCUT2D eigenvalue weighted by molar-refractivity contribution is -0.116. The molecule has 0 saturated carbocycles. The zero-order valence-corrected chi connectivity index (χ0v) is 18.1. The Bertz CT molecular complexity index is 965. The van der Waals surface area contributed by atoms with Crippen LogP contribution in [0.25, 0.3) is 0 Å². The molecule has 1 aliphatic heterocycles. The molecular formula is C22H29N3O3S. The average molecular weight is 416 g/mol. The number of carbonyl (C=O) groups is 1. The molecule has 0 aromatic heterocycles. The van der Waals surface area contributed by atoms with Gasteiger partial charge in [0, 0.05) is 24.5 Å². The monoisotopic (exact) mass is 415 g/mol. The number of aryl methyl sites for hydroxylation is 1. The fourth-order valence-corrected chi connectivity index (χ4v) is 4.94. The van der Waals surface area contributed by atoms with Crippen LogP contribution in [0.1, 0.15) is 37.3 Å². The van der Waals surface area contributed by atoms with Gasteiger partial charge in [-0.15, -0.1) is 0 Å². The zero-order valence-electron chi connectivity index (χ0n) is 17.2. The van der Waals surface area contributed by atoms with E-state index < -0.39 is 16.1 Å². The first-order valence-electron chi connectivity index (χ1n) is 10.0. The van der Waals surface area contributed by atoms with Crippen LogP contribution < -0.4 is 10.6 Å². The lowest BCUT2D eigenvalue weighted by atomic mass is 10.1. The molecule has 2 N–H and O–H groups in total. The predicted molar refractivity (Wildman–Crippen MR) is 117 cm³/mol. The molecule has 1 saturated heterocycles. The van der Waals surface area contributed by atoms with Crippen molar-refractivity contribution >= 4 is 27.3 Å². The molecule has 0 bridgehead atoms. The number of carbonyl (C=O) groups excluding carboxylic acids is 1. The second-order valence-corrected chi connectivity index (χ2v) is 9.53. The highest BCUT2D eigenvalue weighted by Gasteiger charge is 2.25. The van der Waals surface area contributed by atoms with Gasteiger partial charge in [0.1, 0.15) is 6.04 Å². The van der Waals surface area contributed by atoms with Crippen molar-refractivity contribution in [3.05, 3.63) is 53.6 Å². The first-order chi connectivity index (χ1) is 13.8. The molecule has 0 spiro atoms. The zero-order chi connectivity index (χ0) is 21.0. The Kier molecular flexibility index (Phi) is 6.59. The van der Waals surface area contributed by atoms with Crippen molar-refractivity contribution in [1.82, 2.24) is 4.31 Å². The molecule has 0 aliphatic carbocycles. The van der Waals surface area contributed by atoms with E-state index in [0.29, 0.717) is 18.8 Å². The van der Waals surface area contributed by atoms with E-state index in [4.69, 9.17) is 0 Å². The number of nitrogens with zero attached hydrogens (tertiary/aromatic N) is 1. The van der Waals surface area contributed by atoms with Crippen molar-refractivity contribution in [3.63, 3.8) is 0 Å². The third kappa shape index (κ3) is 4.97. The van der Waals surface area contributed by atoms with Crippen LogP contribution in [-0.4, -0.2) is 37.8 Å². The highest BCUT2D eigenvalue weighted by molar-refractivity contribution is 7.89. The quantitative estimate of drug-likeness (QED) is 0.750. The fourth-order valence-electron chi connectivity index (χ4n) is 3.42.